The molecule has 0 saturated carbocycles. The number of pyridine rings is 1. The summed E-state index contributed by atoms with van der Waals surface area (Å²) in [5, 5.41) is 3.23. The van der Waals surface area contributed by atoms with Gasteiger partial charge in [-0.3, -0.25) is 0 Å². The molecule has 0 unspecified atom stereocenters. The predicted octanol–water partition coefficient (Wildman–Crippen LogP) is 4.20. The largest absolute Gasteiger partial charge is 0.455 e. The first kappa shape index (κ1) is 13.0. The highest BCUT2D eigenvalue weighted by Crippen LogP contribution is 2.30. The second kappa shape index (κ2) is 5.96. The molecule has 0 saturated heterocycles. The van der Waals surface area contributed by atoms with Crippen molar-refractivity contribution < 1.29 is 4.74 Å². The van der Waals surface area contributed by atoms with Crippen LogP contribution >= 0.6 is 0 Å². The molecule has 104 valence electrons. The highest BCUT2D eigenvalue weighted by molar-refractivity contribution is 5.65. The van der Waals surface area contributed by atoms with Crippen molar-refractivity contribution in [2.45, 2.75) is 0 Å². The van der Waals surface area contributed by atoms with Gasteiger partial charge in [0.05, 0.1) is 17.6 Å². The number of nitrogens with one attached hydrogen (secondary N) is 1. The minimum Gasteiger partial charge on any atom is -0.455 e. The lowest BCUT2D eigenvalue weighted by atomic mass is 10.2. The molecule has 3 rings (SSSR count). The topological polar surface area (TPSA) is 60.2 Å². The summed E-state index contributed by atoms with van der Waals surface area (Å²) >= 11 is 0. The molecule has 1 aromatic heterocycles. The molecule has 2 aromatic carbocycles. The lowest BCUT2D eigenvalue weighted by Gasteiger charge is -2.12. The van der Waals surface area contributed by atoms with Gasteiger partial charge in [0.25, 0.3) is 0 Å². The zero-order chi connectivity index (χ0) is 14.5. The maximum absolute atomic E-state index is 5.89. The smallest absolute Gasteiger partial charge is 0.150 e. The molecule has 3 aromatic rings. The fourth-order valence-corrected chi connectivity index (χ4v) is 1.89. The van der Waals surface area contributed by atoms with E-state index in [0.717, 1.165) is 17.2 Å². The first-order chi connectivity index (χ1) is 10.3. The number of aromatic nitrogens is 1. The lowest BCUT2D eigenvalue weighted by molar-refractivity contribution is 0.485. The van der Waals surface area contributed by atoms with Crippen LogP contribution in [0.3, 0.4) is 0 Å². The van der Waals surface area contributed by atoms with Gasteiger partial charge in [-0.2, -0.15) is 0 Å². The van der Waals surface area contributed by atoms with Crippen molar-refractivity contribution in [1.29, 1.82) is 0 Å². The number of ether oxygens (including phenoxy) is 1. The quantitative estimate of drug-likeness (QED) is 0.750. The summed E-state index contributed by atoms with van der Waals surface area (Å²) in [6.07, 6.45) is 1.61. The van der Waals surface area contributed by atoms with Crippen molar-refractivity contribution in [2.75, 3.05) is 11.1 Å². The SMILES string of the molecule is Nc1ccc(Nc2ccccc2Oc2ccccc2)nc1. The van der Waals surface area contributed by atoms with E-state index in [1.807, 2.05) is 60.7 Å². The van der Waals surface area contributed by atoms with Gasteiger partial charge in [0.1, 0.15) is 11.6 Å². The Labute approximate surface area is 123 Å². The number of nitrogen functional groups attached to an aromatic ring is 1. The summed E-state index contributed by atoms with van der Waals surface area (Å²) in [6.45, 7) is 0. The van der Waals surface area contributed by atoms with Gasteiger partial charge in [-0.05, 0) is 36.4 Å². The van der Waals surface area contributed by atoms with E-state index in [1.54, 1.807) is 12.3 Å². The summed E-state index contributed by atoms with van der Waals surface area (Å²) < 4.78 is 5.89. The summed E-state index contributed by atoms with van der Waals surface area (Å²) in [4.78, 5) is 4.23. The van der Waals surface area contributed by atoms with Crippen molar-refractivity contribution in [3.63, 3.8) is 0 Å². The average Bonchev–Trinajstić information content (AvgIpc) is 2.52. The number of hydrogen-bond donors (Lipinski definition) is 2. The molecule has 3 N–H and O–H groups in total. The third-order valence-corrected chi connectivity index (χ3v) is 2.91. The summed E-state index contributed by atoms with van der Waals surface area (Å²) in [6, 6.07) is 21.0. The fourth-order valence-electron chi connectivity index (χ4n) is 1.89. The van der Waals surface area contributed by atoms with E-state index in [0.29, 0.717) is 11.5 Å². The number of nitrogens with zero attached hydrogens (tertiary/aromatic N) is 1. The van der Waals surface area contributed by atoms with Crippen LogP contribution in [0.25, 0.3) is 0 Å². The highest BCUT2D eigenvalue weighted by atomic mass is 16.5. The molecule has 0 amide bonds. The number of nitrogens with two attached hydrogens (primary N) is 1. The van der Waals surface area contributed by atoms with Crippen LogP contribution in [0, 0.1) is 0 Å². The van der Waals surface area contributed by atoms with Crippen LogP contribution in [-0.4, -0.2) is 4.98 Å². The van der Waals surface area contributed by atoms with Gasteiger partial charge in [-0.1, -0.05) is 30.3 Å². The van der Waals surface area contributed by atoms with E-state index >= 15 is 0 Å². The van der Waals surface area contributed by atoms with E-state index in [2.05, 4.69) is 10.3 Å². The molecule has 0 bridgehead atoms. The molecule has 0 aliphatic rings. The molecule has 0 radical (unpaired) electrons. The molecule has 4 nitrogen and oxygen atoms in total. The number of benzene rings is 2. The Morgan fingerprint density at radius 1 is 0.857 bits per heavy atom. The van der Waals surface area contributed by atoms with Gasteiger partial charge in [0.2, 0.25) is 0 Å². The molecule has 0 aliphatic carbocycles. The van der Waals surface area contributed by atoms with Crippen LogP contribution in [0.4, 0.5) is 17.2 Å². The van der Waals surface area contributed by atoms with E-state index < -0.39 is 0 Å². The first-order valence-electron chi connectivity index (χ1n) is 6.62. The first-order valence-corrected chi connectivity index (χ1v) is 6.62. The normalized spacial score (nSPS) is 10.1. The maximum Gasteiger partial charge on any atom is 0.150 e. The van der Waals surface area contributed by atoms with Gasteiger partial charge < -0.3 is 15.8 Å². The van der Waals surface area contributed by atoms with E-state index in [-0.39, 0.29) is 0 Å². The van der Waals surface area contributed by atoms with E-state index in [9.17, 15) is 0 Å². The van der Waals surface area contributed by atoms with E-state index in [4.69, 9.17) is 10.5 Å². The van der Waals surface area contributed by atoms with Crippen molar-refractivity contribution >= 4 is 17.2 Å². The third-order valence-electron chi connectivity index (χ3n) is 2.91. The Morgan fingerprint density at radius 2 is 1.62 bits per heavy atom. The molecule has 0 aliphatic heterocycles. The minimum absolute atomic E-state index is 0.634. The van der Waals surface area contributed by atoms with Crippen molar-refractivity contribution in [3.05, 3.63) is 72.9 Å². The van der Waals surface area contributed by atoms with Crippen LogP contribution in [0.15, 0.2) is 72.9 Å². The number of hydrogen-bond acceptors (Lipinski definition) is 4. The monoisotopic (exact) mass is 277 g/mol. The zero-order valence-electron chi connectivity index (χ0n) is 11.4. The maximum atomic E-state index is 5.89. The highest BCUT2D eigenvalue weighted by Gasteiger charge is 2.05. The Balaban J connectivity index is 1.84. The molecule has 0 fully saturated rings. The average molecular weight is 277 g/mol. The second-order valence-electron chi connectivity index (χ2n) is 4.51. The fraction of sp³-hybridized carbons (Fsp3) is 0. The van der Waals surface area contributed by atoms with Crippen molar-refractivity contribution in [1.82, 2.24) is 4.98 Å². The van der Waals surface area contributed by atoms with Crippen LogP contribution in [0.2, 0.25) is 0 Å². The number of para-hydroxylation sites is 3. The van der Waals surface area contributed by atoms with Crippen LogP contribution in [0.1, 0.15) is 0 Å². The molecule has 0 atom stereocenters. The molecule has 1 heterocycles. The summed E-state index contributed by atoms with van der Waals surface area (Å²) in [5.74, 6) is 2.24. The van der Waals surface area contributed by atoms with Gasteiger partial charge in [-0.25, -0.2) is 4.98 Å². The van der Waals surface area contributed by atoms with Gasteiger partial charge in [-0.15, -0.1) is 0 Å². The van der Waals surface area contributed by atoms with Crippen molar-refractivity contribution in [3.8, 4) is 11.5 Å². The summed E-state index contributed by atoms with van der Waals surface area (Å²) in [7, 11) is 0. The Morgan fingerprint density at radius 3 is 2.38 bits per heavy atom. The molecule has 21 heavy (non-hydrogen) atoms. The van der Waals surface area contributed by atoms with E-state index in [1.165, 1.54) is 0 Å². The van der Waals surface area contributed by atoms with Crippen LogP contribution < -0.4 is 15.8 Å². The summed E-state index contributed by atoms with van der Waals surface area (Å²) in [5.41, 5.74) is 7.12. The molecule has 4 heteroatoms. The lowest BCUT2D eigenvalue weighted by Crippen LogP contribution is -1.97. The molecule has 0 spiro atoms. The Hall–Kier alpha value is -3.01. The van der Waals surface area contributed by atoms with Gasteiger partial charge in [0, 0.05) is 0 Å². The minimum atomic E-state index is 0.634. The van der Waals surface area contributed by atoms with Crippen LogP contribution in [-0.2, 0) is 0 Å². The Bertz CT molecular complexity index is 712. The van der Waals surface area contributed by atoms with Crippen LogP contribution in [0.5, 0.6) is 11.5 Å². The van der Waals surface area contributed by atoms with Gasteiger partial charge >= 0.3 is 0 Å². The molecular weight excluding hydrogens is 262 g/mol. The predicted molar refractivity (Wildman–Crippen MR) is 84.9 cm³/mol. The molecular formula is C17H15N3O. The van der Waals surface area contributed by atoms with Crippen molar-refractivity contribution in [2.24, 2.45) is 0 Å². The Kier molecular flexibility index (Phi) is 3.69. The zero-order valence-corrected chi connectivity index (χ0v) is 11.4. The van der Waals surface area contributed by atoms with Gasteiger partial charge in [0.15, 0.2) is 5.75 Å². The third kappa shape index (κ3) is 3.30. The second-order valence-corrected chi connectivity index (χ2v) is 4.51. The number of anilines is 3. The number of rotatable bonds is 4. The standard InChI is InChI=1S/C17H15N3O/c18-13-10-11-17(19-12-13)20-15-8-4-5-9-16(15)21-14-6-2-1-3-7-14/h1-12H,18H2,(H,19,20).